The van der Waals surface area contributed by atoms with Crippen molar-refractivity contribution >= 4 is 12.1 Å². The van der Waals surface area contributed by atoms with Gasteiger partial charge in [0, 0.05) is 6.42 Å². The number of rotatable bonds is 9. The summed E-state index contributed by atoms with van der Waals surface area (Å²) in [6.45, 7) is 4.34. The molecule has 5 heteroatoms. The van der Waals surface area contributed by atoms with Gasteiger partial charge < -0.3 is 14.8 Å². The predicted octanol–water partition coefficient (Wildman–Crippen LogP) is 3.42. The Morgan fingerprint density at radius 3 is 2.50 bits per heavy atom. The Labute approximate surface area is 132 Å². The number of ether oxygens (including phenoxy) is 2. The minimum Gasteiger partial charge on any atom is -0.463 e. The molecule has 0 aromatic heterocycles. The van der Waals surface area contributed by atoms with E-state index in [1.54, 1.807) is 0 Å². The third-order valence-electron chi connectivity index (χ3n) is 3.21. The third kappa shape index (κ3) is 7.67. The SMILES string of the molecule is CCCCC(=O)OCC(CC)NC(=O)OCc1ccccc1. The van der Waals surface area contributed by atoms with Crippen molar-refractivity contribution in [2.75, 3.05) is 6.61 Å². The van der Waals surface area contributed by atoms with Gasteiger partial charge in [0.2, 0.25) is 0 Å². The van der Waals surface area contributed by atoms with E-state index in [1.165, 1.54) is 0 Å². The minimum absolute atomic E-state index is 0.180. The summed E-state index contributed by atoms with van der Waals surface area (Å²) in [7, 11) is 0. The lowest BCUT2D eigenvalue weighted by Crippen LogP contribution is -2.38. The van der Waals surface area contributed by atoms with Crippen molar-refractivity contribution < 1.29 is 19.1 Å². The number of alkyl carbamates (subject to hydrolysis) is 1. The summed E-state index contributed by atoms with van der Waals surface area (Å²) in [6.07, 6.45) is 2.37. The first-order valence-corrected chi connectivity index (χ1v) is 7.78. The highest BCUT2D eigenvalue weighted by molar-refractivity contribution is 5.69. The van der Waals surface area contributed by atoms with Gasteiger partial charge in [-0.25, -0.2) is 4.79 Å². The van der Waals surface area contributed by atoms with Crippen molar-refractivity contribution in [2.45, 2.75) is 52.2 Å². The van der Waals surface area contributed by atoms with Crippen LogP contribution in [0.2, 0.25) is 0 Å². The second-order valence-electron chi connectivity index (χ2n) is 5.10. The van der Waals surface area contributed by atoms with Gasteiger partial charge in [-0.3, -0.25) is 4.79 Å². The van der Waals surface area contributed by atoms with Gasteiger partial charge in [-0.05, 0) is 18.4 Å². The number of carbonyl (C=O) groups excluding carboxylic acids is 2. The van der Waals surface area contributed by atoms with Crippen molar-refractivity contribution in [1.82, 2.24) is 5.32 Å². The molecule has 0 fully saturated rings. The number of unbranched alkanes of at least 4 members (excludes halogenated alkanes) is 1. The molecule has 0 aliphatic heterocycles. The largest absolute Gasteiger partial charge is 0.463 e. The van der Waals surface area contributed by atoms with Crippen LogP contribution in [0.25, 0.3) is 0 Å². The fraction of sp³-hybridized carbons (Fsp3) is 0.529. The van der Waals surface area contributed by atoms with Gasteiger partial charge in [-0.15, -0.1) is 0 Å². The molecule has 1 aromatic rings. The average Bonchev–Trinajstić information content (AvgIpc) is 2.55. The van der Waals surface area contributed by atoms with Crippen LogP contribution in [-0.2, 0) is 20.9 Å². The number of benzene rings is 1. The number of hydrogen-bond donors (Lipinski definition) is 1. The molecule has 0 bridgehead atoms. The molecule has 1 amide bonds. The first kappa shape index (κ1) is 18.0. The van der Waals surface area contributed by atoms with E-state index >= 15 is 0 Å². The molecular weight excluding hydrogens is 282 g/mol. The summed E-state index contributed by atoms with van der Waals surface area (Å²) < 4.78 is 10.3. The fourth-order valence-electron chi connectivity index (χ4n) is 1.78. The Balaban J connectivity index is 2.26. The number of carbonyl (C=O) groups is 2. The molecule has 1 atom stereocenters. The molecule has 1 N–H and O–H groups in total. The highest BCUT2D eigenvalue weighted by atomic mass is 16.6. The molecule has 122 valence electrons. The summed E-state index contributed by atoms with van der Waals surface area (Å²) in [4.78, 5) is 23.2. The quantitative estimate of drug-likeness (QED) is 0.710. The second kappa shape index (κ2) is 10.7. The van der Waals surface area contributed by atoms with Gasteiger partial charge in [-0.2, -0.15) is 0 Å². The lowest BCUT2D eigenvalue weighted by molar-refractivity contribution is -0.144. The lowest BCUT2D eigenvalue weighted by Gasteiger charge is -2.17. The van der Waals surface area contributed by atoms with E-state index in [-0.39, 0.29) is 25.2 Å². The Bertz CT molecular complexity index is 447. The minimum atomic E-state index is -0.500. The van der Waals surface area contributed by atoms with E-state index in [0.717, 1.165) is 18.4 Å². The van der Waals surface area contributed by atoms with Gasteiger partial charge in [0.25, 0.3) is 0 Å². The summed E-state index contributed by atoms with van der Waals surface area (Å²) in [5.74, 6) is -0.222. The van der Waals surface area contributed by atoms with E-state index in [1.807, 2.05) is 44.2 Å². The highest BCUT2D eigenvalue weighted by Gasteiger charge is 2.13. The van der Waals surface area contributed by atoms with E-state index in [4.69, 9.17) is 9.47 Å². The summed E-state index contributed by atoms with van der Waals surface area (Å²) in [5, 5.41) is 2.71. The van der Waals surface area contributed by atoms with Crippen LogP contribution >= 0.6 is 0 Å². The average molecular weight is 307 g/mol. The number of esters is 1. The lowest BCUT2D eigenvalue weighted by atomic mass is 10.2. The van der Waals surface area contributed by atoms with Gasteiger partial charge in [-0.1, -0.05) is 50.6 Å². The van der Waals surface area contributed by atoms with Crippen molar-refractivity contribution in [2.24, 2.45) is 0 Å². The molecule has 5 nitrogen and oxygen atoms in total. The topological polar surface area (TPSA) is 64.6 Å². The Kier molecular flexibility index (Phi) is 8.72. The molecule has 1 unspecified atom stereocenters. The van der Waals surface area contributed by atoms with Gasteiger partial charge >= 0.3 is 12.1 Å². The molecule has 0 radical (unpaired) electrons. The molecule has 0 spiro atoms. The first-order chi connectivity index (χ1) is 10.7. The molecule has 0 saturated heterocycles. The maximum absolute atomic E-state index is 11.7. The van der Waals surface area contributed by atoms with E-state index in [9.17, 15) is 9.59 Å². The van der Waals surface area contributed by atoms with E-state index in [2.05, 4.69) is 5.32 Å². The van der Waals surface area contributed by atoms with E-state index < -0.39 is 6.09 Å². The number of amides is 1. The van der Waals surface area contributed by atoms with Crippen LogP contribution < -0.4 is 5.32 Å². The monoisotopic (exact) mass is 307 g/mol. The molecule has 0 saturated carbocycles. The number of nitrogens with one attached hydrogen (secondary N) is 1. The molecule has 1 rings (SSSR count). The summed E-state index contributed by atoms with van der Waals surface area (Å²) in [5.41, 5.74) is 0.927. The Hall–Kier alpha value is -2.04. The Morgan fingerprint density at radius 1 is 1.14 bits per heavy atom. The molecule has 0 heterocycles. The first-order valence-electron chi connectivity index (χ1n) is 7.78. The fourth-order valence-corrected chi connectivity index (χ4v) is 1.78. The highest BCUT2D eigenvalue weighted by Crippen LogP contribution is 2.02. The second-order valence-corrected chi connectivity index (χ2v) is 5.10. The maximum atomic E-state index is 11.7. The van der Waals surface area contributed by atoms with Crippen molar-refractivity contribution in [3.05, 3.63) is 35.9 Å². The molecule has 22 heavy (non-hydrogen) atoms. The zero-order chi connectivity index (χ0) is 16.2. The van der Waals surface area contributed by atoms with Gasteiger partial charge in [0.1, 0.15) is 13.2 Å². The van der Waals surface area contributed by atoms with Crippen LogP contribution in [0.4, 0.5) is 4.79 Å². The van der Waals surface area contributed by atoms with E-state index in [0.29, 0.717) is 12.8 Å². The van der Waals surface area contributed by atoms with Crippen molar-refractivity contribution in [3.63, 3.8) is 0 Å². The van der Waals surface area contributed by atoms with Crippen LogP contribution in [0.1, 0.15) is 45.1 Å². The van der Waals surface area contributed by atoms with Crippen molar-refractivity contribution in [3.8, 4) is 0 Å². The zero-order valence-corrected chi connectivity index (χ0v) is 13.3. The molecule has 0 aliphatic rings. The van der Waals surface area contributed by atoms with Crippen LogP contribution in [0.3, 0.4) is 0 Å². The number of hydrogen-bond acceptors (Lipinski definition) is 4. The smallest absolute Gasteiger partial charge is 0.407 e. The van der Waals surface area contributed by atoms with Crippen LogP contribution in [0.5, 0.6) is 0 Å². The predicted molar refractivity (Wildman–Crippen MR) is 84.3 cm³/mol. The van der Waals surface area contributed by atoms with Crippen LogP contribution in [0.15, 0.2) is 30.3 Å². The zero-order valence-electron chi connectivity index (χ0n) is 13.3. The van der Waals surface area contributed by atoms with Gasteiger partial charge in [0.15, 0.2) is 0 Å². The maximum Gasteiger partial charge on any atom is 0.407 e. The Morgan fingerprint density at radius 2 is 1.86 bits per heavy atom. The van der Waals surface area contributed by atoms with Gasteiger partial charge in [0.05, 0.1) is 6.04 Å². The van der Waals surface area contributed by atoms with Crippen LogP contribution in [0, 0.1) is 0 Å². The van der Waals surface area contributed by atoms with Crippen molar-refractivity contribution in [1.29, 1.82) is 0 Å². The molecule has 0 aliphatic carbocycles. The summed E-state index contributed by atoms with van der Waals surface area (Å²) in [6, 6.07) is 9.24. The summed E-state index contributed by atoms with van der Waals surface area (Å²) >= 11 is 0. The normalized spacial score (nSPS) is 11.5. The standard InChI is InChI=1S/C17H25NO4/c1-3-5-11-16(19)21-13-15(4-2)18-17(20)22-12-14-9-7-6-8-10-14/h6-10,15H,3-5,11-13H2,1-2H3,(H,18,20). The molecular formula is C17H25NO4. The van der Waals surface area contributed by atoms with Crippen LogP contribution in [-0.4, -0.2) is 24.7 Å². The third-order valence-corrected chi connectivity index (χ3v) is 3.21. The molecule has 1 aromatic carbocycles.